The number of benzene rings is 1. The molecule has 166 valence electrons. The standard InChI is InChI=1S/C19H24N6O4S2/c26-17(27)7-3-4-10-25(13-8-9-14-15(12-13)31-18(30)20-14)19(28)29-11-5-1-2-6-16-21-23-24-22-16/h8-9,12H,1-7,10-11H2,(H,20,30)(H,26,27)(H,21,22,23,24). The molecule has 1 amide bonds. The molecule has 12 heteroatoms. The number of anilines is 1. The van der Waals surface area contributed by atoms with Crippen molar-refractivity contribution >= 4 is 51.9 Å². The molecule has 0 fully saturated rings. The van der Waals surface area contributed by atoms with Gasteiger partial charge in [0, 0.05) is 25.1 Å². The molecular formula is C19H24N6O4S2. The highest BCUT2D eigenvalue weighted by molar-refractivity contribution is 7.82. The molecule has 0 aliphatic heterocycles. The number of aryl methyl sites for hydroxylation is 1. The monoisotopic (exact) mass is 464 g/mol. The maximum absolute atomic E-state index is 12.8. The number of nitrogens with zero attached hydrogens (tertiary/aromatic N) is 5. The topological polar surface area (TPSA) is 134 Å². The Hall–Kier alpha value is -2.73. The van der Waals surface area contributed by atoms with Crippen molar-refractivity contribution in [3.8, 4) is 0 Å². The normalized spacial score (nSPS) is 11.0. The Bertz CT molecular complexity index is 995. The molecule has 31 heavy (non-hydrogen) atoms. The fraction of sp³-hybridized carbons (Fsp3) is 0.474. The number of carbonyl (C=O) groups excluding carboxylic acids is 1. The van der Waals surface area contributed by atoms with E-state index in [2.05, 4.69) is 38.2 Å². The van der Waals surface area contributed by atoms with Crippen LogP contribution < -0.4 is 4.90 Å². The quantitative estimate of drug-likeness (QED) is 0.273. The van der Waals surface area contributed by atoms with Crippen LogP contribution in [0.2, 0.25) is 0 Å². The molecule has 10 nitrogen and oxygen atoms in total. The number of rotatable bonds is 12. The summed E-state index contributed by atoms with van der Waals surface area (Å²) in [5.74, 6) is -0.102. The average Bonchev–Trinajstić information content (AvgIpc) is 3.38. The predicted molar refractivity (Wildman–Crippen MR) is 119 cm³/mol. The molecule has 0 aliphatic carbocycles. The number of hydrogen-bond acceptors (Lipinski definition) is 9. The Morgan fingerprint density at radius 2 is 2.06 bits per heavy atom. The average molecular weight is 465 g/mol. The molecule has 0 unspecified atom stereocenters. The van der Waals surface area contributed by atoms with Crippen molar-refractivity contribution in [2.75, 3.05) is 18.1 Å². The van der Waals surface area contributed by atoms with Gasteiger partial charge in [-0.2, -0.15) is 0 Å². The summed E-state index contributed by atoms with van der Waals surface area (Å²) in [7, 11) is 0. The van der Waals surface area contributed by atoms with E-state index in [4.69, 9.17) is 9.84 Å². The number of tetrazole rings is 1. The van der Waals surface area contributed by atoms with E-state index in [0.29, 0.717) is 36.0 Å². The van der Waals surface area contributed by atoms with Crippen LogP contribution in [-0.2, 0) is 16.0 Å². The molecule has 2 N–H and O–H groups in total. The van der Waals surface area contributed by atoms with Gasteiger partial charge in [0.05, 0.1) is 16.8 Å². The summed E-state index contributed by atoms with van der Waals surface area (Å²) < 4.78 is 7.07. The Kier molecular flexibility index (Phi) is 8.59. The number of nitrogens with one attached hydrogen (secondary N) is 1. The van der Waals surface area contributed by atoms with Crippen molar-refractivity contribution in [1.29, 1.82) is 0 Å². The number of fused-ring (bicyclic) bond motifs is 1. The van der Waals surface area contributed by atoms with Crippen LogP contribution in [0.25, 0.3) is 10.2 Å². The maximum Gasteiger partial charge on any atom is 0.414 e. The Balaban J connectivity index is 1.53. The number of carboxylic acid groups (broad SMARTS) is 1. The number of H-pyrrole nitrogens is 1. The van der Waals surface area contributed by atoms with E-state index >= 15 is 0 Å². The number of ether oxygens (including phenoxy) is 1. The lowest BCUT2D eigenvalue weighted by Crippen LogP contribution is -2.32. The summed E-state index contributed by atoms with van der Waals surface area (Å²) >= 11 is 5.72. The summed E-state index contributed by atoms with van der Waals surface area (Å²) in [5, 5.41) is 22.5. The zero-order valence-corrected chi connectivity index (χ0v) is 18.6. The third-order valence-electron chi connectivity index (χ3n) is 4.59. The highest BCUT2D eigenvalue weighted by Gasteiger charge is 2.18. The number of thiol groups is 1. The second-order valence-corrected chi connectivity index (χ2v) is 8.68. The molecule has 3 aromatic rings. The fourth-order valence-corrected chi connectivity index (χ4v) is 4.18. The van der Waals surface area contributed by atoms with Gasteiger partial charge in [0.15, 0.2) is 0 Å². The van der Waals surface area contributed by atoms with Gasteiger partial charge < -0.3 is 9.84 Å². The van der Waals surface area contributed by atoms with Crippen LogP contribution in [-0.4, -0.2) is 55.9 Å². The first-order valence-electron chi connectivity index (χ1n) is 10.0. The molecule has 2 heterocycles. The third kappa shape index (κ3) is 7.17. The Labute approximate surface area is 188 Å². The molecule has 0 saturated carbocycles. The van der Waals surface area contributed by atoms with Gasteiger partial charge in [-0.25, -0.2) is 14.9 Å². The molecule has 0 atom stereocenters. The summed E-state index contributed by atoms with van der Waals surface area (Å²) in [6, 6.07) is 5.55. The third-order valence-corrected chi connectivity index (χ3v) is 5.78. The number of carboxylic acids is 1. The van der Waals surface area contributed by atoms with Crippen LogP contribution >= 0.6 is 24.0 Å². The summed E-state index contributed by atoms with van der Waals surface area (Å²) in [6.45, 7) is 0.686. The predicted octanol–water partition coefficient (Wildman–Crippen LogP) is 3.71. The Morgan fingerprint density at radius 3 is 2.84 bits per heavy atom. The van der Waals surface area contributed by atoms with Crippen molar-refractivity contribution in [3.05, 3.63) is 24.0 Å². The fourth-order valence-electron chi connectivity index (χ4n) is 3.03. The number of amides is 1. The molecule has 0 radical (unpaired) electrons. The van der Waals surface area contributed by atoms with Crippen LogP contribution in [0.5, 0.6) is 0 Å². The second kappa shape index (κ2) is 11.6. The zero-order valence-electron chi connectivity index (χ0n) is 16.9. The van der Waals surface area contributed by atoms with E-state index in [1.165, 1.54) is 11.3 Å². The number of carbonyl (C=O) groups is 2. The number of unbranched alkanes of at least 4 members (excludes halogenated alkanes) is 3. The van der Waals surface area contributed by atoms with Gasteiger partial charge in [0.25, 0.3) is 0 Å². The maximum atomic E-state index is 12.8. The van der Waals surface area contributed by atoms with Crippen LogP contribution in [0.15, 0.2) is 22.5 Å². The van der Waals surface area contributed by atoms with E-state index in [1.807, 2.05) is 18.2 Å². The summed E-state index contributed by atoms with van der Waals surface area (Å²) in [5.41, 5.74) is 1.52. The van der Waals surface area contributed by atoms with E-state index in [0.717, 1.165) is 41.7 Å². The van der Waals surface area contributed by atoms with Crippen molar-refractivity contribution in [2.24, 2.45) is 0 Å². The molecule has 0 spiro atoms. The van der Waals surface area contributed by atoms with Crippen LogP contribution in [0.3, 0.4) is 0 Å². The van der Waals surface area contributed by atoms with Crippen molar-refractivity contribution < 1.29 is 19.4 Å². The number of aromatic amines is 1. The minimum atomic E-state index is -0.845. The van der Waals surface area contributed by atoms with Crippen LogP contribution in [0, 0.1) is 0 Å². The van der Waals surface area contributed by atoms with Gasteiger partial charge in [0.1, 0.15) is 10.2 Å². The van der Waals surface area contributed by atoms with Crippen molar-refractivity contribution in [2.45, 2.75) is 49.3 Å². The van der Waals surface area contributed by atoms with Crippen LogP contribution in [0.1, 0.15) is 44.3 Å². The lowest BCUT2D eigenvalue weighted by molar-refractivity contribution is -0.137. The molecule has 2 aromatic heterocycles. The Morgan fingerprint density at radius 1 is 1.19 bits per heavy atom. The largest absolute Gasteiger partial charge is 0.481 e. The number of hydrogen-bond donors (Lipinski definition) is 3. The number of thiazole rings is 1. The number of aromatic nitrogens is 5. The molecule has 3 rings (SSSR count). The SMILES string of the molecule is O=C(O)CCCCN(C(=O)OCCCCCc1nnn[nH]1)c1ccc2nc(S)sc2c1. The van der Waals surface area contributed by atoms with E-state index < -0.39 is 12.1 Å². The van der Waals surface area contributed by atoms with Gasteiger partial charge in [-0.15, -0.1) is 29.1 Å². The van der Waals surface area contributed by atoms with Crippen molar-refractivity contribution in [3.63, 3.8) is 0 Å². The first kappa shape index (κ1) is 22.9. The minimum absolute atomic E-state index is 0.0699. The molecular weight excluding hydrogens is 440 g/mol. The first-order chi connectivity index (χ1) is 15.0. The van der Waals surface area contributed by atoms with Gasteiger partial charge in [-0.3, -0.25) is 9.69 Å². The van der Waals surface area contributed by atoms with Gasteiger partial charge in [-0.1, -0.05) is 0 Å². The van der Waals surface area contributed by atoms with Crippen molar-refractivity contribution in [1.82, 2.24) is 25.6 Å². The molecule has 0 aliphatic rings. The van der Waals surface area contributed by atoms with E-state index in [1.54, 1.807) is 4.90 Å². The van der Waals surface area contributed by atoms with Gasteiger partial charge in [0.2, 0.25) is 0 Å². The van der Waals surface area contributed by atoms with E-state index in [9.17, 15) is 9.59 Å². The lowest BCUT2D eigenvalue weighted by atomic mass is 10.2. The minimum Gasteiger partial charge on any atom is -0.481 e. The molecule has 0 saturated heterocycles. The highest BCUT2D eigenvalue weighted by atomic mass is 32.2. The molecule has 0 bridgehead atoms. The molecule has 1 aromatic carbocycles. The van der Waals surface area contributed by atoms with Crippen LogP contribution in [0.4, 0.5) is 10.5 Å². The zero-order chi connectivity index (χ0) is 22.1. The van der Waals surface area contributed by atoms with E-state index in [-0.39, 0.29) is 6.42 Å². The smallest absolute Gasteiger partial charge is 0.414 e. The van der Waals surface area contributed by atoms with Gasteiger partial charge in [-0.05, 0) is 60.7 Å². The second-order valence-electron chi connectivity index (χ2n) is 6.92. The highest BCUT2D eigenvalue weighted by Crippen LogP contribution is 2.29. The summed E-state index contributed by atoms with van der Waals surface area (Å²) in [6.07, 6.45) is 3.93. The van der Waals surface area contributed by atoms with Gasteiger partial charge >= 0.3 is 12.1 Å². The number of aliphatic carboxylic acids is 1. The first-order valence-corrected chi connectivity index (χ1v) is 11.3. The lowest BCUT2D eigenvalue weighted by Gasteiger charge is -2.22. The summed E-state index contributed by atoms with van der Waals surface area (Å²) in [4.78, 5) is 29.4.